The molecule has 0 spiro atoms. The van der Waals surface area contributed by atoms with E-state index in [9.17, 15) is 48.2 Å². The first-order chi connectivity index (χ1) is 39.4. The molecule has 2 aromatic carbocycles. The minimum atomic E-state index is -1.45. The second-order valence-corrected chi connectivity index (χ2v) is 22.8. The Morgan fingerprint density at radius 3 is 1.98 bits per heavy atom. The van der Waals surface area contributed by atoms with Crippen LogP contribution < -0.4 is 37.6 Å². The Morgan fingerprint density at radius 2 is 1.40 bits per heavy atom. The number of aromatic nitrogens is 1. The van der Waals surface area contributed by atoms with Crippen molar-refractivity contribution in [2.75, 3.05) is 56.2 Å². The van der Waals surface area contributed by atoms with Crippen molar-refractivity contribution >= 4 is 65.0 Å². The number of hydrogen-bond acceptors (Lipinski definition) is 12. The number of carbonyl (C=O) groups is 7. The molecule has 0 saturated carbocycles. The van der Waals surface area contributed by atoms with Gasteiger partial charge in [-0.25, -0.2) is 13.6 Å². The lowest BCUT2D eigenvalue weighted by molar-refractivity contribution is -0.141. The average molecular weight is 1200 g/mol. The molecule has 0 bridgehead atoms. The third-order valence-electron chi connectivity index (χ3n) is 12.3. The monoisotopic (exact) mass is 1200 g/mol. The van der Waals surface area contributed by atoms with Crippen molar-refractivity contribution < 1.29 is 52.6 Å². The summed E-state index contributed by atoms with van der Waals surface area (Å²) in [4.78, 5) is 91.3. The molecule has 0 aliphatic carbocycles. The molecule has 0 radical (unpaired) electrons. The normalized spacial score (nSPS) is 12.6. The number of thioether (sulfide) groups is 2. The second kappa shape index (κ2) is 42.8. The standard InChI is InChI=1S/C54H79F2N9O9S2.C3H8.2C2H6/c1-34(2)49(63-45(66)18-13-10-14-22-57)51(70)61-36(4)35(3)59-23-15-24-65(48(69)33-75-25-21-46(67)62-42(52(71)72)28-60-47(68)32-76-31-43(58-8)53(73)74)50(54(5,6)7)44-26-38(40-27-39(55)19-20-41(40)56)30-64(44)29-37-16-11-9-12-17-37;1-3-2;2*1-2/h9,11-12,16-17,19-20,26-27,30,34,36,42-43,49-50,58-59H,3,10,13-15,18,21-25,28-29,31-33,57H2,1-2,4-8H3,(H,60,68)(H,61,70)(H,62,67)(H,63,66)(H,71,72)(H,73,74);3H2,1-2H3;2*1-2H3/t36-,42?,43-,49?,50?;;;/m0.../s1. The molecular weight excluding hydrogens is 1100 g/mol. The van der Waals surface area contributed by atoms with Gasteiger partial charge in [0.2, 0.25) is 29.5 Å². The van der Waals surface area contributed by atoms with Gasteiger partial charge in [0.1, 0.15) is 29.8 Å². The number of amides is 5. The number of likely N-dealkylation sites (N-methyl/N-ethyl adjacent to an activating group) is 1. The lowest BCUT2D eigenvalue weighted by atomic mass is 9.83. The Kier molecular flexibility index (Phi) is 39.7. The molecule has 0 saturated heterocycles. The number of carboxylic acids is 2. The molecule has 5 atom stereocenters. The minimum absolute atomic E-state index is 0.0548. The van der Waals surface area contributed by atoms with Gasteiger partial charge in [-0.15, -0.1) is 11.8 Å². The number of nitrogens with two attached hydrogens (primary N) is 1. The number of halogens is 2. The number of unbranched alkanes of at least 4 members (excludes halogenated alkanes) is 2. The molecule has 1 heterocycles. The summed E-state index contributed by atoms with van der Waals surface area (Å²) < 4.78 is 32.0. The third-order valence-corrected chi connectivity index (χ3v) is 14.3. The van der Waals surface area contributed by atoms with Crippen LogP contribution in [0.3, 0.4) is 0 Å². The topological polar surface area (TPSA) is 266 Å². The highest BCUT2D eigenvalue weighted by atomic mass is 32.2. The largest absolute Gasteiger partial charge is 0.480 e. The van der Waals surface area contributed by atoms with Crippen molar-refractivity contribution in [3.8, 4) is 11.1 Å². The fourth-order valence-electron chi connectivity index (χ4n) is 8.13. The van der Waals surface area contributed by atoms with Crippen LogP contribution in [0, 0.1) is 23.0 Å². The van der Waals surface area contributed by atoms with E-state index < -0.39 is 77.6 Å². The Morgan fingerprint density at radius 1 is 0.771 bits per heavy atom. The van der Waals surface area contributed by atoms with Gasteiger partial charge in [-0.2, -0.15) is 11.8 Å². The number of carboxylic acid groups (broad SMARTS) is 2. The van der Waals surface area contributed by atoms with E-state index in [1.807, 2.05) is 97.2 Å². The van der Waals surface area contributed by atoms with Crippen LogP contribution in [0.25, 0.3) is 11.1 Å². The molecule has 83 heavy (non-hydrogen) atoms. The van der Waals surface area contributed by atoms with Gasteiger partial charge >= 0.3 is 11.9 Å². The minimum Gasteiger partial charge on any atom is -0.480 e. The Balaban J connectivity index is 0.00000918. The Hall–Kier alpha value is -5.97. The first kappa shape index (κ1) is 77.0. The molecule has 0 aliphatic heterocycles. The van der Waals surface area contributed by atoms with Crippen LogP contribution in [0.1, 0.15) is 145 Å². The maximum absolute atomic E-state index is 15.4. The summed E-state index contributed by atoms with van der Waals surface area (Å²) in [6.45, 7) is 28.9. The first-order valence-corrected chi connectivity index (χ1v) is 31.2. The third kappa shape index (κ3) is 29.9. The summed E-state index contributed by atoms with van der Waals surface area (Å²) in [6, 6.07) is 10.4. The predicted molar refractivity (Wildman–Crippen MR) is 334 cm³/mol. The van der Waals surface area contributed by atoms with E-state index in [4.69, 9.17) is 5.73 Å². The lowest BCUT2D eigenvalue weighted by Crippen LogP contribution is -2.52. The molecule has 3 unspecified atom stereocenters. The Bertz CT molecular complexity index is 2420. The zero-order valence-electron chi connectivity index (χ0n) is 51.6. The van der Waals surface area contributed by atoms with E-state index in [-0.39, 0.29) is 71.6 Å². The predicted octanol–water partition coefficient (Wildman–Crippen LogP) is 8.74. The van der Waals surface area contributed by atoms with Crippen LogP contribution in [0.4, 0.5) is 8.78 Å². The van der Waals surface area contributed by atoms with Gasteiger partial charge in [-0.05, 0) is 80.9 Å². The van der Waals surface area contributed by atoms with E-state index in [1.54, 1.807) is 24.1 Å². The Labute approximate surface area is 501 Å². The van der Waals surface area contributed by atoms with Crippen molar-refractivity contribution in [1.29, 1.82) is 0 Å². The SMILES string of the molecule is C=C(NCCCN(C(=O)CSCCC(=O)NC(CNC(=O)CSC[C@H](NC)C(=O)O)C(=O)O)C(c1cc(-c2cc(F)ccc2F)cn1Cc1ccccc1)C(C)(C)C)[C@H](C)NC(=O)C(NC(=O)CCCCCN)C(C)C.CC.CC.CCC. The van der Waals surface area contributed by atoms with Crippen molar-refractivity contribution in [2.45, 2.75) is 165 Å². The maximum Gasteiger partial charge on any atom is 0.328 e. The molecule has 468 valence electrons. The first-order valence-electron chi connectivity index (χ1n) is 28.9. The van der Waals surface area contributed by atoms with Gasteiger partial charge in [0, 0.05) is 79.2 Å². The number of nitrogens with zero attached hydrogens (tertiary/aromatic N) is 2. The average Bonchev–Trinajstić information content (AvgIpc) is 3.84. The van der Waals surface area contributed by atoms with E-state index in [0.717, 1.165) is 48.4 Å². The van der Waals surface area contributed by atoms with Crippen LogP contribution >= 0.6 is 23.5 Å². The fourth-order valence-corrected chi connectivity index (χ4v) is 9.89. The molecule has 0 fully saturated rings. The summed E-state index contributed by atoms with van der Waals surface area (Å²) in [6.07, 6.45) is 5.84. The van der Waals surface area contributed by atoms with E-state index in [2.05, 4.69) is 52.3 Å². The van der Waals surface area contributed by atoms with Gasteiger partial charge < -0.3 is 57.3 Å². The number of benzene rings is 2. The lowest BCUT2D eigenvalue weighted by Gasteiger charge is -2.41. The molecule has 22 heteroatoms. The van der Waals surface area contributed by atoms with Gasteiger partial charge in [0.25, 0.3) is 0 Å². The smallest absolute Gasteiger partial charge is 0.328 e. The van der Waals surface area contributed by atoms with Crippen molar-refractivity contribution in [1.82, 2.24) is 41.4 Å². The summed E-state index contributed by atoms with van der Waals surface area (Å²) in [5, 5.41) is 35.6. The van der Waals surface area contributed by atoms with Gasteiger partial charge in [-0.3, -0.25) is 28.8 Å². The van der Waals surface area contributed by atoms with Gasteiger partial charge in [-0.1, -0.05) is 126 Å². The van der Waals surface area contributed by atoms with E-state index in [0.29, 0.717) is 49.4 Å². The molecule has 18 nitrogen and oxygen atoms in total. The number of hydrogen-bond donors (Lipinski definition) is 9. The van der Waals surface area contributed by atoms with E-state index in [1.165, 1.54) is 25.2 Å². The number of nitrogens with one attached hydrogen (secondary N) is 6. The second-order valence-electron chi connectivity index (χ2n) is 20.6. The summed E-state index contributed by atoms with van der Waals surface area (Å²) in [5.41, 5.74) is 7.49. The molecule has 1 aromatic heterocycles. The molecular formula is C61H99F2N9O9S2. The molecule has 10 N–H and O–H groups in total. The van der Waals surface area contributed by atoms with Crippen molar-refractivity contribution in [2.24, 2.45) is 17.1 Å². The van der Waals surface area contributed by atoms with Crippen molar-refractivity contribution in [3.63, 3.8) is 0 Å². The molecule has 3 aromatic rings. The van der Waals surface area contributed by atoms with Gasteiger partial charge in [0.05, 0.1) is 23.6 Å². The quantitative estimate of drug-likeness (QED) is 0.0249. The summed E-state index contributed by atoms with van der Waals surface area (Å²) in [5.74, 6) is -5.86. The fraction of sp³-hybridized carbons (Fsp3) is 0.590. The van der Waals surface area contributed by atoms with Crippen LogP contribution in [0.5, 0.6) is 0 Å². The maximum atomic E-state index is 15.4. The van der Waals surface area contributed by atoms with E-state index >= 15 is 4.39 Å². The highest BCUT2D eigenvalue weighted by Gasteiger charge is 2.37. The number of rotatable bonds is 35. The zero-order chi connectivity index (χ0) is 63.2. The van der Waals surface area contributed by atoms with Crippen LogP contribution in [-0.4, -0.2) is 142 Å². The van der Waals surface area contributed by atoms with Crippen LogP contribution in [0.15, 0.2) is 73.1 Å². The highest BCUT2D eigenvalue weighted by molar-refractivity contribution is 8.00. The molecule has 3 rings (SSSR count). The highest BCUT2D eigenvalue weighted by Crippen LogP contribution is 2.41. The van der Waals surface area contributed by atoms with Crippen molar-refractivity contribution in [3.05, 3.63) is 96.0 Å². The number of aliphatic carboxylic acids is 2. The number of carbonyl (C=O) groups excluding carboxylic acids is 5. The molecule has 0 aliphatic rings. The summed E-state index contributed by atoms with van der Waals surface area (Å²) >= 11 is 2.22. The summed E-state index contributed by atoms with van der Waals surface area (Å²) in [7, 11) is 1.48. The van der Waals surface area contributed by atoms with Crippen LogP contribution in [0.2, 0.25) is 0 Å². The van der Waals surface area contributed by atoms with Gasteiger partial charge in [0.15, 0.2) is 0 Å². The molecule has 5 amide bonds. The zero-order valence-corrected chi connectivity index (χ0v) is 53.2. The van der Waals surface area contributed by atoms with Crippen LogP contribution in [-0.2, 0) is 40.1 Å².